The number of amides is 2. The number of hydrogen-bond acceptors (Lipinski definition) is 3. The van der Waals surface area contributed by atoms with E-state index < -0.39 is 6.04 Å². The summed E-state index contributed by atoms with van der Waals surface area (Å²) in [6.45, 7) is 12.1. The molecule has 0 aliphatic heterocycles. The van der Waals surface area contributed by atoms with E-state index in [1.54, 1.807) is 19.1 Å². The molecule has 2 rings (SSSR count). The molecule has 0 heterocycles. The summed E-state index contributed by atoms with van der Waals surface area (Å²) in [5, 5.41) is 3.54. The summed E-state index contributed by atoms with van der Waals surface area (Å²) in [7, 11) is 0. The standard InChI is InChI=1S/C26H34BrClN2O3/c1-7-17(2)29-25(32)18(3)30(15-19-9-8-10-21(28)13-19)24(31)16-33-23-12-11-20(14-22(23)27)26(4,5)6/h8-14,17-18H,7,15-16H2,1-6H3,(H,29,32)/t17-,18+/m0/s1. The number of ether oxygens (including phenoxy) is 1. The van der Waals surface area contributed by atoms with Crippen molar-refractivity contribution in [2.45, 2.75) is 72.0 Å². The first-order valence-electron chi connectivity index (χ1n) is 11.2. The van der Waals surface area contributed by atoms with Gasteiger partial charge in [0.2, 0.25) is 5.91 Å². The van der Waals surface area contributed by atoms with Crippen LogP contribution in [0.4, 0.5) is 0 Å². The van der Waals surface area contributed by atoms with Crippen LogP contribution in [0.1, 0.15) is 59.1 Å². The van der Waals surface area contributed by atoms with Gasteiger partial charge < -0.3 is 15.0 Å². The van der Waals surface area contributed by atoms with Crippen molar-refractivity contribution < 1.29 is 14.3 Å². The van der Waals surface area contributed by atoms with E-state index in [0.29, 0.717) is 10.8 Å². The van der Waals surface area contributed by atoms with E-state index in [9.17, 15) is 9.59 Å². The van der Waals surface area contributed by atoms with Gasteiger partial charge in [-0.25, -0.2) is 0 Å². The zero-order chi connectivity index (χ0) is 24.8. The molecule has 33 heavy (non-hydrogen) atoms. The van der Waals surface area contributed by atoms with Crippen LogP contribution in [-0.2, 0) is 21.5 Å². The Morgan fingerprint density at radius 1 is 1.15 bits per heavy atom. The summed E-state index contributed by atoms with van der Waals surface area (Å²) in [4.78, 5) is 27.5. The van der Waals surface area contributed by atoms with Gasteiger partial charge in [-0.05, 0) is 77.0 Å². The van der Waals surface area contributed by atoms with Gasteiger partial charge in [0, 0.05) is 17.6 Å². The van der Waals surface area contributed by atoms with E-state index >= 15 is 0 Å². The predicted octanol–water partition coefficient (Wildman–Crippen LogP) is 6.11. The average molecular weight is 538 g/mol. The van der Waals surface area contributed by atoms with Gasteiger partial charge in [0.1, 0.15) is 11.8 Å². The van der Waals surface area contributed by atoms with Crippen LogP contribution in [0.3, 0.4) is 0 Å². The lowest BCUT2D eigenvalue weighted by Crippen LogP contribution is -2.50. The molecule has 2 aromatic rings. The fraction of sp³-hybridized carbons (Fsp3) is 0.462. The van der Waals surface area contributed by atoms with E-state index in [2.05, 4.69) is 42.0 Å². The Bertz CT molecular complexity index is 974. The average Bonchev–Trinajstić information content (AvgIpc) is 2.75. The Morgan fingerprint density at radius 2 is 1.85 bits per heavy atom. The zero-order valence-electron chi connectivity index (χ0n) is 20.2. The highest BCUT2D eigenvalue weighted by atomic mass is 79.9. The molecule has 2 amide bonds. The number of benzene rings is 2. The largest absolute Gasteiger partial charge is 0.483 e. The van der Waals surface area contributed by atoms with Crippen molar-refractivity contribution in [1.82, 2.24) is 10.2 Å². The van der Waals surface area contributed by atoms with Crippen LogP contribution in [0.2, 0.25) is 5.02 Å². The van der Waals surface area contributed by atoms with Crippen molar-refractivity contribution >= 4 is 39.3 Å². The highest BCUT2D eigenvalue weighted by molar-refractivity contribution is 9.10. The summed E-state index contributed by atoms with van der Waals surface area (Å²) in [6.07, 6.45) is 0.808. The van der Waals surface area contributed by atoms with Gasteiger partial charge in [0.15, 0.2) is 6.61 Å². The van der Waals surface area contributed by atoms with Crippen LogP contribution in [0.25, 0.3) is 0 Å². The van der Waals surface area contributed by atoms with Crippen LogP contribution in [0.15, 0.2) is 46.9 Å². The molecule has 2 atom stereocenters. The molecule has 0 spiro atoms. The second-order valence-corrected chi connectivity index (χ2v) is 10.6. The van der Waals surface area contributed by atoms with E-state index in [4.69, 9.17) is 16.3 Å². The molecule has 0 unspecified atom stereocenters. The minimum atomic E-state index is -0.666. The highest BCUT2D eigenvalue weighted by Crippen LogP contribution is 2.31. The Kier molecular flexibility index (Phi) is 9.80. The normalized spacial score (nSPS) is 13.2. The third-order valence-corrected chi connectivity index (χ3v) is 6.41. The van der Waals surface area contributed by atoms with Crippen LogP contribution >= 0.6 is 27.5 Å². The monoisotopic (exact) mass is 536 g/mol. The Hall–Kier alpha value is -2.05. The van der Waals surface area contributed by atoms with E-state index in [-0.39, 0.29) is 36.4 Å². The maximum atomic E-state index is 13.2. The molecule has 2 aromatic carbocycles. The first-order valence-corrected chi connectivity index (χ1v) is 12.4. The van der Waals surface area contributed by atoms with Gasteiger partial charge in [-0.15, -0.1) is 0 Å². The summed E-state index contributed by atoms with van der Waals surface area (Å²) < 4.78 is 6.63. The fourth-order valence-corrected chi connectivity index (χ4v) is 3.89. The van der Waals surface area contributed by atoms with Crippen molar-refractivity contribution in [1.29, 1.82) is 0 Å². The van der Waals surface area contributed by atoms with Crippen molar-refractivity contribution in [2.24, 2.45) is 0 Å². The van der Waals surface area contributed by atoms with Gasteiger partial charge in [-0.3, -0.25) is 9.59 Å². The third-order valence-electron chi connectivity index (χ3n) is 5.56. The number of carbonyl (C=O) groups excluding carboxylic acids is 2. The van der Waals surface area contributed by atoms with E-state index in [0.717, 1.165) is 22.0 Å². The smallest absolute Gasteiger partial charge is 0.261 e. The summed E-state index contributed by atoms with van der Waals surface area (Å²) in [5.74, 6) is 0.0970. The van der Waals surface area contributed by atoms with E-state index in [1.807, 2.05) is 44.2 Å². The summed E-state index contributed by atoms with van der Waals surface area (Å²) in [5.41, 5.74) is 2.00. The predicted molar refractivity (Wildman–Crippen MR) is 138 cm³/mol. The summed E-state index contributed by atoms with van der Waals surface area (Å²) in [6, 6.07) is 12.5. The molecule has 0 radical (unpaired) electrons. The molecule has 180 valence electrons. The molecule has 5 nitrogen and oxygen atoms in total. The molecule has 0 bridgehead atoms. The lowest BCUT2D eigenvalue weighted by Gasteiger charge is -2.29. The molecule has 0 aliphatic rings. The number of halogens is 2. The maximum Gasteiger partial charge on any atom is 0.261 e. The number of rotatable bonds is 9. The van der Waals surface area contributed by atoms with Crippen LogP contribution in [0, 0.1) is 0 Å². The molecule has 0 fully saturated rings. The molecule has 7 heteroatoms. The highest BCUT2D eigenvalue weighted by Gasteiger charge is 2.27. The Morgan fingerprint density at radius 3 is 2.42 bits per heavy atom. The zero-order valence-corrected chi connectivity index (χ0v) is 22.6. The van der Waals surface area contributed by atoms with Crippen molar-refractivity contribution in [3.05, 3.63) is 63.1 Å². The second kappa shape index (κ2) is 11.9. The van der Waals surface area contributed by atoms with Crippen LogP contribution < -0.4 is 10.1 Å². The Balaban J connectivity index is 2.19. The van der Waals surface area contributed by atoms with Gasteiger partial charge in [-0.1, -0.05) is 57.5 Å². The third kappa shape index (κ3) is 8.04. The minimum Gasteiger partial charge on any atom is -0.483 e. The first-order chi connectivity index (χ1) is 15.4. The van der Waals surface area contributed by atoms with Gasteiger partial charge in [0.05, 0.1) is 4.47 Å². The molecule has 0 saturated carbocycles. The summed E-state index contributed by atoms with van der Waals surface area (Å²) >= 11 is 9.68. The van der Waals surface area contributed by atoms with Gasteiger partial charge >= 0.3 is 0 Å². The maximum absolute atomic E-state index is 13.2. The van der Waals surface area contributed by atoms with Crippen LogP contribution in [0.5, 0.6) is 5.75 Å². The number of nitrogens with zero attached hydrogens (tertiary/aromatic N) is 1. The number of carbonyl (C=O) groups is 2. The fourth-order valence-electron chi connectivity index (χ4n) is 3.19. The SMILES string of the molecule is CC[C@H](C)NC(=O)[C@@H](C)N(Cc1cccc(Cl)c1)C(=O)COc1ccc(C(C)(C)C)cc1Br. The van der Waals surface area contributed by atoms with E-state index in [1.165, 1.54) is 4.90 Å². The molecule has 0 aliphatic carbocycles. The molecule has 1 N–H and O–H groups in total. The first kappa shape index (κ1) is 27.2. The van der Waals surface area contributed by atoms with Crippen molar-refractivity contribution in [2.75, 3.05) is 6.61 Å². The number of hydrogen-bond donors (Lipinski definition) is 1. The van der Waals surface area contributed by atoms with Crippen molar-refractivity contribution in [3.63, 3.8) is 0 Å². The quantitative estimate of drug-likeness (QED) is 0.420. The molecule has 0 aromatic heterocycles. The molecule has 0 saturated heterocycles. The molecular weight excluding hydrogens is 504 g/mol. The minimum absolute atomic E-state index is 0.00302. The lowest BCUT2D eigenvalue weighted by atomic mass is 9.87. The van der Waals surface area contributed by atoms with Gasteiger partial charge in [-0.2, -0.15) is 0 Å². The van der Waals surface area contributed by atoms with Crippen LogP contribution in [-0.4, -0.2) is 35.4 Å². The van der Waals surface area contributed by atoms with Gasteiger partial charge in [0.25, 0.3) is 5.91 Å². The topological polar surface area (TPSA) is 58.6 Å². The molecular formula is C26H34BrClN2O3. The van der Waals surface area contributed by atoms with Crippen molar-refractivity contribution in [3.8, 4) is 5.75 Å². The Labute approximate surface area is 211 Å². The number of nitrogens with one attached hydrogen (secondary N) is 1. The lowest BCUT2D eigenvalue weighted by molar-refractivity contribution is -0.142. The second-order valence-electron chi connectivity index (χ2n) is 9.33.